The number of imide groups is 1. The van der Waals surface area contributed by atoms with Crippen molar-refractivity contribution < 1.29 is 38.6 Å². The van der Waals surface area contributed by atoms with Gasteiger partial charge in [-0.15, -0.1) is 0 Å². The highest BCUT2D eigenvalue weighted by Crippen LogP contribution is 2.51. The molecule has 4 aliphatic heterocycles. The first-order valence-corrected chi connectivity index (χ1v) is 11.7. The van der Waals surface area contributed by atoms with E-state index in [1.54, 1.807) is 18.2 Å². The van der Waals surface area contributed by atoms with Gasteiger partial charge < -0.3 is 9.84 Å². The summed E-state index contributed by atoms with van der Waals surface area (Å²) in [6.07, 6.45) is 2.89. The maximum absolute atomic E-state index is 13.6. The van der Waals surface area contributed by atoms with Gasteiger partial charge in [0.1, 0.15) is 6.17 Å². The van der Waals surface area contributed by atoms with E-state index in [1.165, 1.54) is 17.0 Å². The predicted molar refractivity (Wildman–Crippen MR) is 123 cm³/mol. The van der Waals surface area contributed by atoms with E-state index < -0.39 is 47.8 Å². The molecule has 0 aromatic heterocycles. The number of carboxylic acids is 1. The van der Waals surface area contributed by atoms with Crippen LogP contribution in [0.4, 0.5) is 5.69 Å². The fraction of sp³-hybridized carbons (Fsp3) is 0.231. The molecule has 11 nitrogen and oxygen atoms in total. The summed E-state index contributed by atoms with van der Waals surface area (Å²) in [5.74, 6) is -4.61. The van der Waals surface area contributed by atoms with Crippen LogP contribution in [-0.4, -0.2) is 52.2 Å². The number of esters is 2. The first-order chi connectivity index (χ1) is 17.8. The summed E-state index contributed by atoms with van der Waals surface area (Å²) >= 11 is 0. The second kappa shape index (κ2) is 7.20. The van der Waals surface area contributed by atoms with Crippen molar-refractivity contribution in [3.8, 4) is 0 Å². The SMILES string of the molecule is O=C(O)CCCN1C(=O)c2ccc3c4c2C(C=CC4NC2c4cc5c(cc4C(=O)N32)C(=O)OC5=O)C1=O. The standard InChI is InChI=1S/C26H17N3O8/c30-18(31)2-1-7-28-22(32)10-3-5-16-20-17(6-4-11(19(10)20)23(28)33)29-21(27-16)12-8-14-15(9-13(12)24(29)34)26(36)37-25(14)35/h3-6,8-10,16,21,27H,1-2,7H2,(H,30,31). The molecule has 1 aliphatic carbocycles. The average molecular weight is 499 g/mol. The Hall–Kier alpha value is -4.64. The van der Waals surface area contributed by atoms with Crippen molar-refractivity contribution in [1.82, 2.24) is 10.2 Å². The predicted octanol–water partition coefficient (Wildman–Crippen LogP) is 1.80. The smallest absolute Gasteiger partial charge is 0.346 e. The van der Waals surface area contributed by atoms with Gasteiger partial charge in [0.05, 0.1) is 28.8 Å². The molecule has 7 rings (SSSR count). The first-order valence-electron chi connectivity index (χ1n) is 11.7. The van der Waals surface area contributed by atoms with Crippen molar-refractivity contribution in [2.75, 3.05) is 11.4 Å². The zero-order valence-electron chi connectivity index (χ0n) is 19.0. The van der Waals surface area contributed by atoms with Crippen molar-refractivity contribution in [1.29, 1.82) is 0 Å². The number of carbonyl (C=O) groups excluding carboxylic acids is 5. The summed E-state index contributed by atoms with van der Waals surface area (Å²) in [7, 11) is 0. The van der Waals surface area contributed by atoms with Crippen LogP contribution in [0.25, 0.3) is 0 Å². The van der Waals surface area contributed by atoms with Gasteiger partial charge in [-0.25, -0.2) is 9.59 Å². The van der Waals surface area contributed by atoms with Crippen LogP contribution in [0, 0.1) is 0 Å². The molecule has 3 atom stereocenters. The van der Waals surface area contributed by atoms with Crippen LogP contribution in [0.15, 0.2) is 36.4 Å². The fourth-order valence-corrected chi connectivity index (χ4v) is 5.98. The lowest BCUT2D eigenvalue weighted by Gasteiger charge is -2.43. The number of benzene rings is 2. The van der Waals surface area contributed by atoms with Crippen molar-refractivity contribution in [3.05, 3.63) is 75.4 Å². The highest BCUT2D eigenvalue weighted by molar-refractivity contribution is 6.19. The van der Waals surface area contributed by atoms with E-state index in [1.807, 2.05) is 6.08 Å². The third-order valence-electron chi connectivity index (χ3n) is 7.58. The molecule has 2 aromatic rings. The van der Waals surface area contributed by atoms with E-state index in [0.717, 1.165) is 4.90 Å². The largest absolute Gasteiger partial charge is 0.481 e. The molecule has 0 bridgehead atoms. The van der Waals surface area contributed by atoms with Gasteiger partial charge in [-0.1, -0.05) is 12.2 Å². The molecule has 4 heterocycles. The number of aliphatic carboxylic acids is 1. The highest BCUT2D eigenvalue weighted by atomic mass is 16.6. The normalized spacial score (nSPS) is 24.1. The van der Waals surface area contributed by atoms with Gasteiger partial charge in [0, 0.05) is 35.2 Å². The Bertz CT molecular complexity index is 1570. The van der Waals surface area contributed by atoms with Crippen LogP contribution < -0.4 is 10.2 Å². The number of anilines is 1. The second-order valence-corrected chi connectivity index (χ2v) is 9.50. The van der Waals surface area contributed by atoms with E-state index in [9.17, 15) is 28.8 Å². The molecule has 0 spiro atoms. The van der Waals surface area contributed by atoms with Crippen molar-refractivity contribution in [2.24, 2.45) is 0 Å². The van der Waals surface area contributed by atoms with Gasteiger partial charge in [0.25, 0.3) is 11.8 Å². The Morgan fingerprint density at radius 1 is 0.919 bits per heavy atom. The lowest BCUT2D eigenvalue weighted by molar-refractivity contribution is -0.138. The van der Waals surface area contributed by atoms with Gasteiger partial charge in [0.2, 0.25) is 5.91 Å². The number of carbonyl (C=O) groups is 6. The molecule has 5 aliphatic rings. The average Bonchev–Trinajstić information content (AvgIpc) is 3.31. The Kier molecular flexibility index (Phi) is 4.21. The van der Waals surface area contributed by atoms with E-state index in [2.05, 4.69) is 10.1 Å². The molecular formula is C26H17N3O8. The molecule has 0 radical (unpaired) electrons. The molecular weight excluding hydrogens is 482 g/mol. The van der Waals surface area contributed by atoms with E-state index in [0.29, 0.717) is 27.9 Å². The van der Waals surface area contributed by atoms with E-state index in [4.69, 9.17) is 5.11 Å². The Balaban J connectivity index is 1.32. The van der Waals surface area contributed by atoms with Crippen LogP contribution in [0.1, 0.15) is 89.1 Å². The molecule has 2 N–H and O–H groups in total. The maximum Gasteiger partial charge on any atom is 0.346 e. The van der Waals surface area contributed by atoms with Crippen LogP contribution in [0.5, 0.6) is 0 Å². The van der Waals surface area contributed by atoms with Crippen LogP contribution >= 0.6 is 0 Å². The van der Waals surface area contributed by atoms with Crippen molar-refractivity contribution >= 4 is 41.3 Å². The van der Waals surface area contributed by atoms with Gasteiger partial charge in [-0.2, -0.15) is 0 Å². The zero-order chi connectivity index (χ0) is 25.7. The Morgan fingerprint density at radius 3 is 2.43 bits per heavy atom. The number of carboxylic acid groups (broad SMARTS) is 1. The summed E-state index contributed by atoms with van der Waals surface area (Å²) in [6.45, 7) is 0.000323. The van der Waals surface area contributed by atoms with Gasteiger partial charge >= 0.3 is 17.9 Å². The number of fused-ring (bicyclic) bond motifs is 5. The number of cyclic esters (lactones) is 2. The summed E-state index contributed by atoms with van der Waals surface area (Å²) in [5.41, 5.74) is 3.01. The molecule has 3 amide bonds. The van der Waals surface area contributed by atoms with Gasteiger partial charge in [0.15, 0.2) is 0 Å². The third kappa shape index (κ3) is 2.74. The molecule has 0 saturated heterocycles. The lowest BCUT2D eigenvalue weighted by atomic mass is 9.77. The van der Waals surface area contributed by atoms with E-state index >= 15 is 0 Å². The number of nitrogens with zero attached hydrogens (tertiary/aromatic N) is 2. The van der Waals surface area contributed by atoms with E-state index in [-0.39, 0.29) is 42.0 Å². The van der Waals surface area contributed by atoms with Gasteiger partial charge in [-0.05, 0) is 36.2 Å². The molecule has 0 fully saturated rings. The van der Waals surface area contributed by atoms with Gasteiger partial charge in [-0.3, -0.25) is 34.3 Å². The maximum atomic E-state index is 13.6. The molecule has 11 heteroatoms. The van der Waals surface area contributed by atoms with Crippen LogP contribution in [0.3, 0.4) is 0 Å². The fourth-order valence-electron chi connectivity index (χ4n) is 5.98. The Morgan fingerprint density at radius 2 is 1.68 bits per heavy atom. The number of amides is 3. The number of ether oxygens (including phenoxy) is 1. The van der Waals surface area contributed by atoms with Crippen LogP contribution in [-0.2, 0) is 14.3 Å². The molecule has 3 unspecified atom stereocenters. The second-order valence-electron chi connectivity index (χ2n) is 9.50. The van der Waals surface area contributed by atoms with Crippen LogP contribution in [0.2, 0.25) is 0 Å². The summed E-state index contributed by atoms with van der Waals surface area (Å²) in [4.78, 5) is 77.8. The molecule has 37 heavy (non-hydrogen) atoms. The van der Waals surface area contributed by atoms with Crippen molar-refractivity contribution in [2.45, 2.75) is 31.0 Å². The molecule has 184 valence electrons. The zero-order valence-corrected chi connectivity index (χ0v) is 19.0. The summed E-state index contributed by atoms with van der Waals surface area (Å²) < 4.78 is 4.68. The molecule has 0 saturated carbocycles. The van der Waals surface area contributed by atoms with Crippen molar-refractivity contribution in [3.63, 3.8) is 0 Å². The number of hydrogen-bond acceptors (Lipinski definition) is 8. The third-order valence-corrected chi connectivity index (χ3v) is 7.58. The minimum absolute atomic E-state index is 0.000323. The minimum Gasteiger partial charge on any atom is -0.481 e. The highest BCUT2D eigenvalue weighted by Gasteiger charge is 2.50. The molecule has 2 aromatic carbocycles. The first kappa shape index (κ1) is 21.6. The summed E-state index contributed by atoms with van der Waals surface area (Å²) in [5, 5.41) is 12.3. The Labute approximate surface area is 208 Å². The topological polar surface area (TPSA) is 150 Å². The monoisotopic (exact) mass is 499 g/mol. The minimum atomic E-state index is -1.00. The number of hydrogen-bond donors (Lipinski definition) is 2. The lowest BCUT2D eigenvalue weighted by Crippen LogP contribution is -2.49. The quantitative estimate of drug-likeness (QED) is 0.278. The number of nitrogens with one attached hydrogen (secondary N) is 1. The summed E-state index contributed by atoms with van der Waals surface area (Å²) in [6, 6.07) is 5.74. The number of rotatable bonds is 4.